The Hall–Kier alpha value is -3.02. The molecule has 0 saturated carbocycles. The Bertz CT molecular complexity index is 1260. The van der Waals surface area contributed by atoms with Gasteiger partial charge in [-0.25, -0.2) is 4.99 Å². The van der Waals surface area contributed by atoms with Crippen molar-refractivity contribution < 1.29 is 36.5 Å². The Morgan fingerprint density at radius 1 is 0.738 bits per heavy atom. The Labute approximate surface area is 246 Å². The van der Waals surface area contributed by atoms with Crippen LogP contribution in [-0.2, 0) is 23.4 Å². The number of ether oxygens (including phenoxy) is 4. The zero-order chi connectivity index (χ0) is 30.5. The molecule has 1 fully saturated rings. The molecule has 226 valence electrons. The van der Waals surface area contributed by atoms with Crippen molar-refractivity contribution >= 4 is 30.3 Å². The largest absolute Gasteiger partial charge is 0.468 e. The van der Waals surface area contributed by atoms with Gasteiger partial charge in [-0.2, -0.15) is 13.2 Å². The van der Waals surface area contributed by atoms with Crippen LogP contribution in [0, 0.1) is 0 Å². The van der Waals surface area contributed by atoms with Crippen LogP contribution in [0.15, 0.2) is 96.0 Å². The van der Waals surface area contributed by atoms with Crippen molar-refractivity contribution in [2.75, 3.05) is 14.2 Å². The highest BCUT2D eigenvalue weighted by Gasteiger charge is 2.57. The minimum Gasteiger partial charge on any atom is -0.441 e. The lowest BCUT2D eigenvalue weighted by molar-refractivity contribution is -0.283. The van der Waals surface area contributed by atoms with Gasteiger partial charge in [-0.3, -0.25) is 0 Å². The van der Waals surface area contributed by atoms with Gasteiger partial charge in [-0.1, -0.05) is 99.6 Å². The highest BCUT2D eigenvalue weighted by atomic mass is 28.4. The van der Waals surface area contributed by atoms with E-state index < -0.39 is 51.1 Å². The second-order valence-corrected chi connectivity index (χ2v) is 15.5. The molecular formula is C32H38F3NO5Si. The monoisotopic (exact) mass is 601 g/mol. The zero-order valence-electron chi connectivity index (χ0n) is 24.7. The van der Waals surface area contributed by atoms with E-state index in [1.165, 1.54) is 26.4 Å². The van der Waals surface area contributed by atoms with E-state index in [-0.39, 0.29) is 10.7 Å². The first-order valence-electron chi connectivity index (χ1n) is 13.8. The van der Waals surface area contributed by atoms with Gasteiger partial charge in [-0.05, 0) is 34.5 Å². The lowest BCUT2D eigenvalue weighted by Crippen LogP contribution is -2.71. The Balaban J connectivity index is 1.75. The van der Waals surface area contributed by atoms with Gasteiger partial charge < -0.3 is 23.4 Å². The first kappa shape index (κ1) is 31.9. The third-order valence-electron chi connectivity index (χ3n) is 7.46. The number of aliphatic imine (C=N–C) groups is 1. The Kier molecular flexibility index (Phi) is 9.94. The fourth-order valence-electron chi connectivity index (χ4n) is 5.53. The summed E-state index contributed by atoms with van der Waals surface area (Å²) in [6.45, 7) is 8.18. The molecule has 0 N–H and O–H groups in total. The van der Waals surface area contributed by atoms with Gasteiger partial charge in [-0.15, -0.1) is 0 Å². The molecule has 0 unspecified atom stereocenters. The van der Waals surface area contributed by atoms with E-state index in [0.717, 1.165) is 10.4 Å². The zero-order valence-corrected chi connectivity index (χ0v) is 25.7. The van der Waals surface area contributed by atoms with Crippen LogP contribution in [0.25, 0.3) is 0 Å². The first-order valence-corrected chi connectivity index (χ1v) is 15.7. The van der Waals surface area contributed by atoms with Crippen LogP contribution in [0.1, 0.15) is 27.7 Å². The molecule has 1 saturated heterocycles. The molecule has 1 aliphatic heterocycles. The molecule has 5 atom stereocenters. The molecule has 10 heteroatoms. The van der Waals surface area contributed by atoms with Crippen molar-refractivity contribution in [1.29, 1.82) is 0 Å². The lowest BCUT2D eigenvalue weighted by atomic mass is 9.99. The summed E-state index contributed by atoms with van der Waals surface area (Å²) >= 11 is 0. The number of methoxy groups -OCH3 is 2. The maximum Gasteiger partial charge on any atom is 0.468 e. The minimum absolute atomic E-state index is 0.0961. The molecule has 0 aromatic heterocycles. The van der Waals surface area contributed by atoms with E-state index in [4.69, 9.17) is 23.4 Å². The topological polar surface area (TPSA) is 58.5 Å². The number of alkyl halides is 3. The standard InChI is InChI=1S/C32H38F3NO5Si/c1-22-26(41-42(31(2,3)4,24-18-12-8-13-19-24)25-20-14-9-15-21-25)27(37-5)28(38-6)29(39-22)40-30(32(33,34)35)36-23-16-10-7-11-17-23/h7-22,26-29H,1-6H3/t22-,26-,27+,28+,29-/m0/s1. The molecule has 1 heterocycles. The summed E-state index contributed by atoms with van der Waals surface area (Å²) in [7, 11) is -0.209. The number of benzene rings is 3. The number of halogens is 3. The summed E-state index contributed by atoms with van der Waals surface area (Å²) in [6.07, 6.45) is -9.64. The molecule has 0 radical (unpaired) electrons. The highest BCUT2D eigenvalue weighted by molar-refractivity contribution is 6.99. The maximum absolute atomic E-state index is 14.1. The van der Waals surface area contributed by atoms with Gasteiger partial charge in [0.1, 0.15) is 18.3 Å². The van der Waals surface area contributed by atoms with E-state index in [0.29, 0.717) is 0 Å². The quantitative estimate of drug-likeness (QED) is 0.180. The van der Waals surface area contributed by atoms with Gasteiger partial charge in [0.05, 0.1) is 11.8 Å². The molecule has 42 heavy (non-hydrogen) atoms. The molecular weight excluding hydrogens is 563 g/mol. The molecule has 3 aromatic rings. The fourth-order valence-corrected chi connectivity index (χ4v) is 10.3. The molecule has 3 aromatic carbocycles. The van der Waals surface area contributed by atoms with Crippen molar-refractivity contribution in [3.63, 3.8) is 0 Å². The number of rotatable bonds is 8. The highest BCUT2D eigenvalue weighted by Crippen LogP contribution is 2.40. The van der Waals surface area contributed by atoms with Gasteiger partial charge in [0.25, 0.3) is 14.2 Å². The van der Waals surface area contributed by atoms with Crippen molar-refractivity contribution in [3.8, 4) is 0 Å². The fraction of sp³-hybridized carbons (Fsp3) is 0.406. The average Bonchev–Trinajstić information content (AvgIpc) is 2.96. The van der Waals surface area contributed by atoms with E-state index in [9.17, 15) is 13.2 Å². The predicted molar refractivity (Wildman–Crippen MR) is 159 cm³/mol. The molecule has 0 amide bonds. The van der Waals surface area contributed by atoms with E-state index in [1.807, 2.05) is 36.4 Å². The first-order chi connectivity index (χ1) is 19.9. The van der Waals surface area contributed by atoms with Gasteiger partial charge in [0.2, 0.25) is 6.29 Å². The van der Waals surface area contributed by atoms with Crippen LogP contribution in [0.4, 0.5) is 18.9 Å². The normalized spacial score (nSPS) is 23.9. The number of hydrogen-bond acceptors (Lipinski definition) is 6. The van der Waals surface area contributed by atoms with E-state index in [2.05, 4.69) is 50.0 Å². The summed E-state index contributed by atoms with van der Waals surface area (Å²) in [5, 5.41) is 1.75. The van der Waals surface area contributed by atoms with Crippen LogP contribution in [0.5, 0.6) is 0 Å². The summed E-state index contributed by atoms with van der Waals surface area (Å²) in [5.74, 6) is -1.44. The third kappa shape index (κ3) is 6.63. The Morgan fingerprint density at radius 3 is 1.64 bits per heavy atom. The van der Waals surface area contributed by atoms with Crippen LogP contribution >= 0.6 is 0 Å². The molecule has 4 rings (SSSR count). The molecule has 0 aliphatic carbocycles. The van der Waals surface area contributed by atoms with Gasteiger partial charge >= 0.3 is 6.18 Å². The van der Waals surface area contributed by atoms with Gasteiger partial charge in [0.15, 0.2) is 0 Å². The van der Waals surface area contributed by atoms with Crippen LogP contribution in [-0.4, -0.2) is 65.3 Å². The van der Waals surface area contributed by atoms with E-state index >= 15 is 0 Å². The summed E-state index contributed by atoms with van der Waals surface area (Å²) in [5.41, 5.74) is 0.0961. The smallest absolute Gasteiger partial charge is 0.441 e. The number of nitrogens with zero attached hydrogens (tertiary/aromatic N) is 1. The van der Waals surface area contributed by atoms with Crippen LogP contribution in [0.3, 0.4) is 0 Å². The van der Waals surface area contributed by atoms with Crippen LogP contribution < -0.4 is 10.4 Å². The molecule has 1 aliphatic rings. The predicted octanol–water partition coefficient (Wildman–Crippen LogP) is 6.02. The summed E-state index contributed by atoms with van der Waals surface area (Å²) < 4.78 is 72.7. The van der Waals surface area contributed by atoms with Crippen molar-refractivity contribution in [2.45, 2.75) is 69.6 Å². The lowest BCUT2D eigenvalue weighted by Gasteiger charge is -2.50. The Morgan fingerprint density at radius 2 is 1.21 bits per heavy atom. The van der Waals surface area contributed by atoms with E-state index in [1.54, 1.807) is 25.1 Å². The molecule has 0 spiro atoms. The van der Waals surface area contributed by atoms with Crippen LogP contribution in [0.2, 0.25) is 5.04 Å². The molecule has 0 bridgehead atoms. The average molecular weight is 602 g/mol. The van der Waals surface area contributed by atoms with Crippen molar-refractivity contribution in [3.05, 3.63) is 91.0 Å². The van der Waals surface area contributed by atoms with Crippen molar-refractivity contribution in [2.24, 2.45) is 4.99 Å². The maximum atomic E-state index is 14.1. The van der Waals surface area contributed by atoms with Crippen molar-refractivity contribution in [1.82, 2.24) is 0 Å². The second-order valence-electron chi connectivity index (χ2n) is 11.2. The number of hydrogen-bond donors (Lipinski definition) is 0. The minimum atomic E-state index is -4.87. The molecule has 6 nitrogen and oxygen atoms in total. The van der Waals surface area contributed by atoms with Gasteiger partial charge in [0, 0.05) is 14.2 Å². The SMILES string of the molecule is CO[C@@H]1[C@@H](O[Si](c2ccccc2)(c2ccccc2)C(C)(C)C)[C@H](C)O[C@@H](OC(=Nc2ccccc2)C(F)(F)F)[C@@H]1OC. The third-order valence-corrected chi connectivity index (χ3v) is 12.5. The summed E-state index contributed by atoms with van der Waals surface area (Å²) in [4.78, 5) is 3.73. The number of para-hydroxylation sites is 1. The summed E-state index contributed by atoms with van der Waals surface area (Å²) in [6, 6.07) is 27.9. The second kappa shape index (κ2) is 13.1.